The molecule has 5 nitrogen and oxygen atoms in total. The van der Waals surface area contributed by atoms with Gasteiger partial charge >= 0.3 is 5.97 Å². The number of hydrogen-bond acceptors (Lipinski definition) is 5. The summed E-state index contributed by atoms with van der Waals surface area (Å²) in [4.78, 5) is 24.2. The normalized spacial score (nSPS) is 10.7. The highest BCUT2D eigenvalue weighted by molar-refractivity contribution is 5.97. The van der Waals surface area contributed by atoms with E-state index in [9.17, 15) is 9.59 Å². The van der Waals surface area contributed by atoms with Crippen molar-refractivity contribution in [1.82, 2.24) is 0 Å². The van der Waals surface area contributed by atoms with Crippen LogP contribution < -0.4 is 9.47 Å². The van der Waals surface area contributed by atoms with Gasteiger partial charge in [-0.3, -0.25) is 4.79 Å². The maximum Gasteiger partial charge on any atom is 0.380 e. The second-order valence-electron chi connectivity index (χ2n) is 6.48. The topological polar surface area (TPSA) is 65.7 Å². The van der Waals surface area contributed by atoms with Crippen LogP contribution in [-0.4, -0.2) is 11.8 Å². The van der Waals surface area contributed by atoms with E-state index in [1.807, 2.05) is 48.5 Å². The summed E-state index contributed by atoms with van der Waals surface area (Å²) >= 11 is 0. The maximum absolute atomic E-state index is 12.8. The van der Waals surface area contributed by atoms with Crippen molar-refractivity contribution < 1.29 is 23.5 Å². The van der Waals surface area contributed by atoms with Crippen molar-refractivity contribution in [3.63, 3.8) is 0 Å². The molecule has 0 spiro atoms. The molecule has 0 radical (unpaired) electrons. The van der Waals surface area contributed by atoms with E-state index in [1.54, 1.807) is 30.3 Å². The third-order valence-electron chi connectivity index (χ3n) is 4.48. The average Bonchev–Trinajstić information content (AvgIpc) is 3.12. The fourth-order valence-corrected chi connectivity index (χ4v) is 2.99. The minimum Gasteiger partial charge on any atom is -0.489 e. The van der Waals surface area contributed by atoms with Crippen LogP contribution in [-0.2, 0) is 6.61 Å². The van der Waals surface area contributed by atoms with Crippen molar-refractivity contribution in [3.05, 3.63) is 95.7 Å². The van der Waals surface area contributed by atoms with Crippen molar-refractivity contribution in [3.8, 4) is 11.5 Å². The number of hydrogen-bond donors (Lipinski definition) is 0. The van der Waals surface area contributed by atoms with Gasteiger partial charge in [-0.15, -0.1) is 0 Å². The number of fused-ring (bicyclic) bond motifs is 1. The first-order valence-electron chi connectivity index (χ1n) is 9.13. The first-order chi connectivity index (χ1) is 14.1. The SMILES string of the molecule is CC(=O)c1ccc(OC(=O)c2oc3ccccc3c2COc2ccccc2)cc1. The lowest BCUT2D eigenvalue weighted by Gasteiger charge is -2.07. The molecule has 1 heterocycles. The maximum atomic E-state index is 12.8. The molecule has 0 aliphatic carbocycles. The van der Waals surface area contributed by atoms with Gasteiger partial charge in [0.2, 0.25) is 5.76 Å². The largest absolute Gasteiger partial charge is 0.489 e. The zero-order valence-electron chi connectivity index (χ0n) is 15.8. The molecule has 0 saturated heterocycles. The van der Waals surface area contributed by atoms with Crippen LogP contribution >= 0.6 is 0 Å². The van der Waals surface area contributed by atoms with E-state index in [2.05, 4.69) is 0 Å². The van der Waals surface area contributed by atoms with Crippen LogP contribution in [0.4, 0.5) is 0 Å². The fourth-order valence-electron chi connectivity index (χ4n) is 2.99. The van der Waals surface area contributed by atoms with Crippen molar-refractivity contribution in [2.75, 3.05) is 0 Å². The number of carbonyl (C=O) groups is 2. The highest BCUT2D eigenvalue weighted by Gasteiger charge is 2.23. The number of benzene rings is 3. The number of Topliss-reactive ketones (excluding diaryl/α,β-unsaturated/α-hetero) is 1. The van der Waals surface area contributed by atoms with Crippen molar-refractivity contribution in [1.29, 1.82) is 0 Å². The molecule has 1 aromatic heterocycles. The lowest BCUT2D eigenvalue weighted by Crippen LogP contribution is -2.11. The van der Waals surface area contributed by atoms with Gasteiger partial charge in [0.05, 0.1) is 5.56 Å². The van der Waals surface area contributed by atoms with Crippen LogP contribution in [0.25, 0.3) is 11.0 Å². The number of furan rings is 1. The van der Waals surface area contributed by atoms with Gasteiger partial charge < -0.3 is 13.9 Å². The van der Waals surface area contributed by atoms with E-state index >= 15 is 0 Å². The number of carbonyl (C=O) groups excluding carboxylic acids is 2. The Labute approximate surface area is 167 Å². The Kier molecular flexibility index (Phi) is 5.12. The Bertz CT molecular complexity index is 1160. The van der Waals surface area contributed by atoms with Crippen LogP contribution in [0.2, 0.25) is 0 Å². The lowest BCUT2D eigenvalue weighted by molar-refractivity contribution is 0.0700. The molecule has 0 bridgehead atoms. The predicted octanol–water partition coefficient (Wildman–Crippen LogP) is 5.43. The molecule has 0 fully saturated rings. The van der Waals surface area contributed by atoms with E-state index in [0.717, 1.165) is 5.39 Å². The molecule has 0 aliphatic heterocycles. The summed E-state index contributed by atoms with van der Waals surface area (Å²) in [5.74, 6) is 0.439. The summed E-state index contributed by atoms with van der Waals surface area (Å²) in [6.07, 6.45) is 0. The number of ketones is 1. The van der Waals surface area contributed by atoms with Gasteiger partial charge in [-0.2, -0.15) is 0 Å². The Hall–Kier alpha value is -3.86. The zero-order chi connectivity index (χ0) is 20.2. The summed E-state index contributed by atoms with van der Waals surface area (Å²) in [6.45, 7) is 1.64. The minimum absolute atomic E-state index is 0.0551. The number of rotatable bonds is 6. The van der Waals surface area contributed by atoms with Crippen molar-refractivity contribution in [2.45, 2.75) is 13.5 Å². The molecule has 0 amide bonds. The Morgan fingerprint density at radius 2 is 1.52 bits per heavy atom. The molecular weight excluding hydrogens is 368 g/mol. The highest BCUT2D eigenvalue weighted by atomic mass is 16.5. The quantitative estimate of drug-likeness (QED) is 0.251. The van der Waals surface area contributed by atoms with E-state index in [0.29, 0.717) is 28.2 Å². The van der Waals surface area contributed by atoms with Gasteiger partial charge in [0.25, 0.3) is 0 Å². The molecule has 144 valence electrons. The Balaban J connectivity index is 1.61. The van der Waals surface area contributed by atoms with Gasteiger partial charge in [0.15, 0.2) is 5.78 Å². The van der Waals surface area contributed by atoms with Crippen LogP contribution in [0.15, 0.2) is 83.3 Å². The van der Waals surface area contributed by atoms with Crippen LogP contribution in [0.5, 0.6) is 11.5 Å². The molecule has 4 aromatic rings. The summed E-state index contributed by atoms with van der Waals surface area (Å²) < 4.78 is 17.1. The molecule has 29 heavy (non-hydrogen) atoms. The van der Waals surface area contributed by atoms with Crippen LogP contribution in [0.1, 0.15) is 33.4 Å². The second-order valence-corrected chi connectivity index (χ2v) is 6.48. The minimum atomic E-state index is -0.622. The highest BCUT2D eigenvalue weighted by Crippen LogP contribution is 2.28. The molecule has 0 unspecified atom stereocenters. The number of esters is 1. The number of para-hydroxylation sites is 2. The second kappa shape index (κ2) is 8.02. The van der Waals surface area contributed by atoms with E-state index in [-0.39, 0.29) is 18.2 Å². The summed E-state index contributed by atoms with van der Waals surface area (Å²) in [5.41, 5.74) is 1.75. The molecule has 4 rings (SSSR count). The van der Waals surface area contributed by atoms with Crippen molar-refractivity contribution in [2.24, 2.45) is 0 Å². The summed E-state index contributed by atoms with van der Waals surface area (Å²) in [5, 5.41) is 0.794. The smallest absolute Gasteiger partial charge is 0.380 e. The van der Waals surface area contributed by atoms with Gasteiger partial charge in [-0.05, 0) is 49.4 Å². The van der Waals surface area contributed by atoms with Crippen LogP contribution in [0, 0.1) is 0 Å². The molecule has 0 saturated carbocycles. The Morgan fingerprint density at radius 3 is 2.24 bits per heavy atom. The first-order valence-corrected chi connectivity index (χ1v) is 9.13. The van der Waals surface area contributed by atoms with E-state index < -0.39 is 5.97 Å². The average molecular weight is 386 g/mol. The van der Waals surface area contributed by atoms with E-state index in [4.69, 9.17) is 13.9 Å². The molecule has 0 aliphatic rings. The molecule has 0 atom stereocenters. The first kappa shape index (κ1) is 18.5. The van der Waals surface area contributed by atoms with Crippen LogP contribution in [0.3, 0.4) is 0 Å². The van der Waals surface area contributed by atoms with Gasteiger partial charge in [0.1, 0.15) is 23.7 Å². The molecular formula is C24H18O5. The van der Waals surface area contributed by atoms with Gasteiger partial charge in [0, 0.05) is 10.9 Å². The molecule has 0 N–H and O–H groups in total. The Morgan fingerprint density at radius 1 is 0.828 bits per heavy atom. The monoisotopic (exact) mass is 386 g/mol. The third-order valence-corrected chi connectivity index (χ3v) is 4.48. The fraction of sp³-hybridized carbons (Fsp3) is 0.0833. The lowest BCUT2D eigenvalue weighted by atomic mass is 10.1. The third kappa shape index (κ3) is 4.04. The van der Waals surface area contributed by atoms with E-state index in [1.165, 1.54) is 6.92 Å². The van der Waals surface area contributed by atoms with Crippen molar-refractivity contribution >= 4 is 22.7 Å². The summed E-state index contributed by atoms with van der Waals surface area (Å²) in [7, 11) is 0. The molecule has 5 heteroatoms. The summed E-state index contributed by atoms with van der Waals surface area (Å²) in [6, 6.07) is 23.1. The standard InChI is InChI=1S/C24H18O5/c1-16(25)17-11-13-19(14-12-17)28-24(26)23-21(15-27-18-7-3-2-4-8-18)20-9-5-6-10-22(20)29-23/h2-14H,15H2,1H3. The van der Waals surface area contributed by atoms with Gasteiger partial charge in [-0.1, -0.05) is 36.4 Å². The molecule has 3 aromatic carbocycles. The predicted molar refractivity (Wildman–Crippen MR) is 108 cm³/mol. The zero-order valence-corrected chi connectivity index (χ0v) is 15.8. The van der Waals surface area contributed by atoms with Gasteiger partial charge in [-0.25, -0.2) is 4.79 Å². The number of ether oxygens (including phenoxy) is 2.